The van der Waals surface area contributed by atoms with Crippen LogP contribution < -0.4 is 10.1 Å². The number of amides is 1. The molecule has 1 amide bonds. The molecule has 2 heterocycles. The fourth-order valence-electron chi connectivity index (χ4n) is 3.88. The van der Waals surface area contributed by atoms with Gasteiger partial charge in [0.1, 0.15) is 10.6 Å². The summed E-state index contributed by atoms with van der Waals surface area (Å²) < 4.78 is 32.9. The first-order valence-corrected chi connectivity index (χ1v) is 12.2. The molecule has 4 rings (SSSR count). The van der Waals surface area contributed by atoms with Crippen molar-refractivity contribution in [2.45, 2.75) is 17.4 Å². The Kier molecular flexibility index (Phi) is 6.74. The van der Waals surface area contributed by atoms with Crippen LogP contribution in [-0.2, 0) is 14.8 Å². The SMILES string of the molecule is O=C(CN1CCN(S(=O)(=O)c2cc(Cl)ccc2Cl)CC1)N[C@@H]1CCOc2ccccc21. The van der Waals surface area contributed by atoms with E-state index in [-0.39, 0.29) is 41.5 Å². The summed E-state index contributed by atoms with van der Waals surface area (Å²) in [6.07, 6.45) is 0.717. The van der Waals surface area contributed by atoms with Crippen molar-refractivity contribution in [2.75, 3.05) is 39.3 Å². The number of fused-ring (bicyclic) bond motifs is 1. The Morgan fingerprint density at radius 1 is 1.10 bits per heavy atom. The van der Waals surface area contributed by atoms with Crippen molar-refractivity contribution < 1.29 is 17.9 Å². The summed E-state index contributed by atoms with van der Waals surface area (Å²) in [6.45, 7) is 2.23. The fraction of sp³-hybridized carbons (Fsp3) is 0.381. The second kappa shape index (κ2) is 9.34. The third kappa shape index (κ3) is 4.99. The van der Waals surface area contributed by atoms with E-state index in [2.05, 4.69) is 5.32 Å². The van der Waals surface area contributed by atoms with Gasteiger partial charge in [-0.1, -0.05) is 41.4 Å². The molecule has 2 aliphatic rings. The molecule has 0 aliphatic carbocycles. The van der Waals surface area contributed by atoms with Crippen molar-refractivity contribution >= 4 is 39.1 Å². The molecule has 0 aromatic heterocycles. The van der Waals surface area contributed by atoms with Crippen LogP contribution in [0, 0.1) is 0 Å². The fourth-order valence-corrected chi connectivity index (χ4v) is 6.04. The highest BCUT2D eigenvalue weighted by molar-refractivity contribution is 7.89. The molecule has 7 nitrogen and oxygen atoms in total. The van der Waals surface area contributed by atoms with Crippen LogP contribution in [0.15, 0.2) is 47.4 Å². The Bertz CT molecular complexity index is 1070. The second-order valence-corrected chi connectivity index (χ2v) is 10.3. The maximum Gasteiger partial charge on any atom is 0.244 e. The summed E-state index contributed by atoms with van der Waals surface area (Å²) in [7, 11) is -3.75. The number of hydrogen-bond donors (Lipinski definition) is 1. The highest BCUT2D eigenvalue weighted by Crippen LogP contribution is 2.31. The van der Waals surface area contributed by atoms with Crippen LogP contribution in [0.3, 0.4) is 0 Å². The molecule has 0 spiro atoms. The highest BCUT2D eigenvalue weighted by Gasteiger charge is 2.31. The number of ether oxygens (including phenoxy) is 1. The Morgan fingerprint density at radius 2 is 1.84 bits per heavy atom. The summed E-state index contributed by atoms with van der Waals surface area (Å²) in [4.78, 5) is 14.6. The number of carbonyl (C=O) groups is 1. The largest absolute Gasteiger partial charge is 0.493 e. The van der Waals surface area contributed by atoms with Crippen LogP contribution in [0.25, 0.3) is 0 Å². The molecule has 1 atom stereocenters. The van der Waals surface area contributed by atoms with Gasteiger partial charge in [-0.25, -0.2) is 8.42 Å². The van der Waals surface area contributed by atoms with Crippen LogP contribution in [0.1, 0.15) is 18.0 Å². The third-order valence-electron chi connectivity index (χ3n) is 5.50. The Labute approximate surface area is 191 Å². The molecule has 10 heteroatoms. The first-order valence-electron chi connectivity index (χ1n) is 10.0. The van der Waals surface area contributed by atoms with E-state index in [1.54, 1.807) is 6.07 Å². The predicted molar refractivity (Wildman–Crippen MR) is 119 cm³/mol. The molecule has 166 valence electrons. The van der Waals surface area contributed by atoms with Gasteiger partial charge >= 0.3 is 0 Å². The van der Waals surface area contributed by atoms with Gasteiger partial charge < -0.3 is 10.1 Å². The van der Waals surface area contributed by atoms with E-state index in [1.807, 2.05) is 29.2 Å². The minimum absolute atomic E-state index is 0.00559. The Hall–Kier alpha value is -1.84. The van der Waals surface area contributed by atoms with Gasteiger partial charge in [-0.3, -0.25) is 9.69 Å². The van der Waals surface area contributed by atoms with E-state index in [4.69, 9.17) is 27.9 Å². The average Bonchev–Trinajstić information content (AvgIpc) is 2.76. The minimum Gasteiger partial charge on any atom is -0.493 e. The average molecular weight is 484 g/mol. The maximum atomic E-state index is 12.9. The zero-order chi connectivity index (χ0) is 22.0. The molecule has 1 fully saturated rings. The van der Waals surface area contributed by atoms with Gasteiger partial charge in [-0.2, -0.15) is 4.31 Å². The molecule has 2 aliphatic heterocycles. The number of halogens is 2. The minimum atomic E-state index is -3.75. The summed E-state index contributed by atoms with van der Waals surface area (Å²) in [5, 5.41) is 3.53. The molecule has 0 unspecified atom stereocenters. The van der Waals surface area contributed by atoms with Gasteiger partial charge in [0.25, 0.3) is 0 Å². The van der Waals surface area contributed by atoms with Gasteiger partial charge in [0, 0.05) is 43.2 Å². The molecule has 2 aromatic rings. The second-order valence-electron chi connectivity index (χ2n) is 7.55. The zero-order valence-electron chi connectivity index (χ0n) is 16.8. The normalized spacial score (nSPS) is 20.0. The smallest absolute Gasteiger partial charge is 0.244 e. The third-order valence-corrected chi connectivity index (χ3v) is 8.12. The molecule has 31 heavy (non-hydrogen) atoms. The molecule has 1 saturated heterocycles. The number of rotatable bonds is 5. The van der Waals surface area contributed by atoms with Crippen LogP contribution in [-0.4, -0.2) is 62.9 Å². The van der Waals surface area contributed by atoms with Gasteiger partial charge in [0.15, 0.2) is 0 Å². The number of benzene rings is 2. The number of nitrogens with zero attached hydrogens (tertiary/aromatic N) is 2. The summed E-state index contributed by atoms with van der Waals surface area (Å²) in [5.41, 5.74) is 0.983. The highest BCUT2D eigenvalue weighted by atomic mass is 35.5. The molecule has 0 radical (unpaired) electrons. The van der Waals surface area contributed by atoms with Crippen LogP contribution in [0.4, 0.5) is 0 Å². The predicted octanol–water partition coefficient (Wildman–Crippen LogP) is 2.94. The topological polar surface area (TPSA) is 79.0 Å². The van der Waals surface area contributed by atoms with Crippen LogP contribution in [0.5, 0.6) is 5.75 Å². The van der Waals surface area contributed by atoms with E-state index in [1.165, 1.54) is 16.4 Å². The monoisotopic (exact) mass is 483 g/mol. The molecular weight excluding hydrogens is 461 g/mol. The van der Waals surface area contributed by atoms with Gasteiger partial charge in [0.2, 0.25) is 15.9 Å². The summed E-state index contributed by atoms with van der Waals surface area (Å²) in [6, 6.07) is 12.0. The summed E-state index contributed by atoms with van der Waals surface area (Å²) in [5.74, 6) is 0.716. The number of piperazine rings is 1. The summed E-state index contributed by atoms with van der Waals surface area (Å²) >= 11 is 12.0. The van der Waals surface area contributed by atoms with Gasteiger partial charge in [-0.05, 0) is 24.3 Å². The number of para-hydroxylation sites is 1. The number of sulfonamides is 1. The van der Waals surface area contributed by atoms with E-state index in [9.17, 15) is 13.2 Å². The number of nitrogens with one attached hydrogen (secondary N) is 1. The molecule has 0 saturated carbocycles. The first-order chi connectivity index (χ1) is 14.8. The van der Waals surface area contributed by atoms with Crippen molar-refractivity contribution in [3.8, 4) is 5.75 Å². The van der Waals surface area contributed by atoms with E-state index in [0.717, 1.165) is 17.7 Å². The van der Waals surface area contributed by atoms with Crippen molar-refractivity contribution in [3.05, 3.63) is 58.1 Å². The van der Waals surface area contributed by atoms with Crippen molar-refractivity contribution in [2.24, 2.45) is 0 Å². The lowest BCUT2D eigenvalue weighted by Gasteiger charge is -2.34. The maximum absolute atomic E-state index is 12.9. The van der Waals surface area contributed by atoms with E-state index >= 15 is 0 Å². The lowest BCUT2D eigenvalue weighted by Crippen LogP contribution is -2.51. The van der Waals surface area contributed by atoms with E-state index in [0.29, 0.717) is 24.7 Å². The lowest BCUT2D eigenvalue weighted by atomic mass is 10.0. The molecule has 1 N–H and O–H groups in total. The van der Waals surface area contributed by atoms with Crippen molar-refractivity contribution in [1.29, 1.82) is 0 Å². The van der Waals surface area contributed by atoms with Gasteiger partial charge in [-0.15, -0.1) is 0 Å². The molecular formula is C21H23Cl2N3O4S. The number of carbonyl (C=O) groups excluding carboxylic acids is 1. The van der Waals surface area contributed by atoms with Crippen molar-refractivity contribution in [1.82, 2.24) is 14.5 Å². The Balaban J connectivity index is 1.33. The molecule has 0 bridgehead atoms. The Morgan fingerprint density at radius 3 is 2.61 bits per heavy atom. The number of hydrogen-bond acceptors (Lipinski definition) is 5. The standard InChI is InChI=1S/C21H23Cl2N3O4S/c22-15-5-6-17(23)20(13-15)31(28,29)26-10-8-25(9-11-26)14-21(27)24-18-7-12-30-19-4-2-1-3-16(18)19/h1-6,13,18H,7-12,14H2,(H,24,27)/t18-/m1/s1. The molecule has 2 aromatic carbocycles. The lowest BCUT2D eigenvalue weighted by molar-refractivity contribution is -0.123. The van der Waals surface area contributed by atoms with Gasteiger partial charge in [0.05, 0.1) is 24.2 Å². The van der Waals surface area contributed by atoms with Crippen LogP contribution >= 0.6 is 23.2 Å². The van der Waals surface area contributed by atoms with E-state index < -0.39 is 10.0 Å². The van der Waals surface area contributed by atoms with Crippen LogP contribution in [0.2, 0.25) is 10.0 Å². The first kappa shape index (κ1) is 22.4. The van der Waals surface area contributed by atoms with Crippen molar-refractivity contribution in [3.63, 3.8) is 0 Å². The zero-order valence-corrected chi connectivity index (χ0v) is 19.1. The quantitative estimate of drug-likeness (QED) is 0.706.